The van der Waals surface area contributed by atoms with Crippen molar-refractivity contribution >= 4 is 82.6 Å². The number of para-hydroxylation sites is 3. The Morgan fingerprint density at radius 3 is 1.63 bits per heavy atom. The van der Waals surface area contributed by atoms with Crippen LogP contribution in [0.15, 0.2) is 161 Å². The molecule has 0 spiro atoms. The number of hydrogen-bond donors (Lipinski definition) is 0. The maximum atomic E-state index is 10.4. The van der Waals surface area contributed by atoms with Crippen LogP contribution < -0.4 is 0 Å². The van der Waals surface area contributed by atoms with Crippen LogP contribution in [0.5, 0.6) is 0 Å². The summed E-state index contributed by atoms with van der Waals surface area (Å²) in [5.41, 5.74) is 11.5. The molecule has 0 saturated heterocycles. The minimum absolute atomic E-state index is 0.501. The molecule has 266 valence electrons. The van der Waals surface area contributed by atoms with Crippen molar-refractivity contribution in [2.45, 2.75) is 6.92 Å². The molecule has 0 aliphatic carbocycles. The Hall–Kier alpha value is -8.06. The Morgan fingerprint density at radius 2 is 1.05 bits per heavy atom. The van der Waals surface area contributed by atoms with Gasteiger partial charge >= 0.3 is 0 Å². The number of fused-ring (bicyclic) bond motifs is 12. The molecule has 0 aliphatic heterocycles. The van der Waals surface area contributed by atoms with Crippen molar-refractivity contribution in [2.24, 2.45) is 0 Å². The van der Waals surface area contributed by atoms with Crippen LogP contribution in [0.25, 0.3) is 105 Å². The molecule has 0 radical (unpaired) electrons. The highest BCUT2D eigenvalue weighted by atomic mass is 16.3. The molecule has 0 unspecified atom stereocenters. The zero-order chi connectivity index (χ0) is 38.4. The summed E-state index contributed by atoms with van der Waals surface area (Å²) >= 11 is 0. The molecule has 6 nitrogen and oxygen atoms in total. The molecule has 0 N–H and O–H groups in total. The van der Waals surface area contributed by atoms with E-state index in [0.29, 0.717) is 11.1 Å². The van der Waals surface area contributed by atoms with Crippen molar-refractivity contribution in [2.75, 3.05) is 0 Å². The fourth-order valence-electron chi connectivity index (χ4n) is 8.82. The van der Waals surface area contributed by atoms with E-state index in [-0.39, 0.29) is 0 Å². The van der Waals surface area contributed by atoms with Crippen LogP contribution in [0.3, 0.4) is 0 Å². The highest BCUT2D eigenvalue weighted by Crippen LogP contribution is 2.45. The van der Waals surface area contributed by atoms with Crippen molar-refractivity contribution in [3.8, 4) is 34.6 Å². The van der Waals surface area contributed by atoms with E-state index in [4.69, 9.17) is 8.83 Å². The Morgan fingerprint density at radius 1 is 0.544 bits per heavy atom. The third-order valence-electron chi connectivity index (χ3n) is 11.4. The summed E-state index contributed by atoms with van der Waals surface area (Å²) in [6.07, 6.45) is 5.57. The minimum atomic E-state index is 0.501. The molecule has 57 heavy (non-hydrogen) atoms. The Balaban J connectivity index is 1.29. The van der Waals surface area contributed by atoms with Crippen LogP contribution in [-0.4, -0.2) is 9.13 Å². The van der Waals surface area contributed by atoms with E-state index in [1.54, 1.807) is 6.08 Å². The van der Waals surface area contributed by atoms with Gasteiger partial charge in [-0.25, -0.2) is 0 Å². The van der Waals surface area contributed by atoms with Gasteiger partial charge in [0.2, 0.25) is 0 Å². The third kappa shape index (κ3) is 4.56. The summed E-state index contributed by atoms with van der Waals surface area (Å²) in [5.74, 6) is 0.765. The number of nitrogens with zero attached hydrogens (tertiary/aromatic N) is 4. The lowest BCUT2D eigenvalue weighted by Crippen LogP contribution is -2.03. The van der Waals surface area contributed by atoms with E-state index in [2.05, 4.69) is 102 Å². The molecule has 6 heteroatoms. The van der Waals surface area contributed by atoms with Crippen molar-refractivity contribution in [1.29, 1.82) is 10.5 Å². The number of furan rings is 2. The molecule has 4 heterocycles. The van der Waals surface area contributed by atoms with Crippen molar-refractivity contribution in [3.63, 3.8) is 0 Å². The summed E-state index contributed by atoms with van der Waals surface area (Å²) in [6.45, 7) is 5.93. The fraction of sp³-hybridized carbons (Fsp3) is 0.0196. The molecule has 11 rings (SSSR count). The SMILES string of the molecule is C=C/C=C\c1oc2c(ccc3c4ccccc4n(-c4ccc(C#N)cc4-c4cc(C#N)ccc4-n4c5ccccc5c5ccc6c7ccccc7oc6c54)c32)c1C. The summed E-state index contributed by atoms with van der Waals surface area (Å²) in [4.78, 5) is 0. The molecule has 0 aliphatic rings. The van der Waals surface area contributed by atoms with E-state index in [9.17, 15) is 10.5 Å². The lowest BCUT2D eigenvalue weighted by Gasteiger charge is -2.19. The average molecular weight is 731 g/mol. The number of allylic oxidation sites excluding steroid dienone is 2. The minimum Gasteiger partial charge on any atom is -0.454 e. The Bertz CT molecular complexity index is 3650. The van der Waals surface area contributed by atoms with Crippen molar-refractivity contribution in [1.82, 2.24) is 9.13 Å². The highest BCUT2D eigenvalue weighted by Gasteiger charge is 2.25. The number of benzene rings is 7. The number of aryl methyl sites for hydroxylation is 1. The molecule has 11 aromatic rings. The first-order valence-electron chi connectivity index (χ1n) is 18.7. The van der Waals surface area contributed by atoms with E-state index < -0.39 is 0 Å². The van der Waals surface area contributed by atoms with E-state index in [0.717, 1.165) is 110 Å². The summed E-state index contributed by atoms with van der Waals surface area (Å²) in [5, 5.41) is 28.1. The van der Waals surface area contributed by atoms with Gasteiger partial charge in [0.25, 0.3) is 0 Å². The molecule has 0 amide bonds. The number of nitriles is 2. The topological polar surface area (TPSA) is 83.7 Å². The second-order valence-corrected chi connectivity index (χ2v) is 14.4. The smallest absolute Gasteiger partial charge is 0.160 e. The summed E-state index contributed by atoms with van der Waals surface area (Å²) in [6, 6.07) is 49.9. The zero-order valence-electron chi connectivity index (χ0n) is 30.7. The largest absolute Gasteiger partial charge is 0.454 e. The first-order valence-corrected chi connectivity index (χ1v) is 18.7. The van der Waals surface area contributed by atoms with E-state index in [1.807, 2.05) is 78.9 Å². The zero-order valence-corrected chi connectivity index (χ0v) is 30.7. The molecule has 7 aromatic carbocycles. The van der Waals surface area contributed by atoms with Crippen LogP contribution >= 0.6 is 0 Å². The van der Waals surface area contributed by atoms with Gasteiger partial charge in [0, 0.05) is 54.4 Å². The van der Waals surface area contributed by atoms with Gasteiger partial charge in [0.05, 0.1) is 56.7 Å². The molecule has 0 atom stereocenters. The lowest BCUT2D eigenvalue weighted by atomic mass is 9.97. The molecule has 0 saturated carbocycles. The van der Waals surface area contributed by atoms with Gasteiger partial charge in [-0.15, -0.1) is 0 Å². The van der Waals surface area contributed by atoms with E-state index >= 15 is 0 Å². The number of hydrogen-bond acceptors (Lipinski definition) is 4. The normalized spacial score (nSPS) is 11.9. The monoisotopic (exact) mass is 730 g/mol. The number of rotatable bonds is 5. The quantitative estimate of drug-likeness (QED) is 0.165. The maximum absolute atomic E-state index is 10.4. The molecule has 4 aromatic heterocycles. The van der Waals surface area contributed by atoms with Gasteiger partial charge in [-0.3, -0.25) is 0 Å². The molecular weight excluding hydrogens is 701 g/mol. The first-order chi connectivity index (χ1) is 28.1. The molecule has 0 fully saturated rings. The lowest BCUT2D eigenvalue weighted by molar-refractivity contribution is 0.603. The Labute approximate surface area is 326 Å². The second-order valence-electron chi connectivity index (χ2n) is 14.4. The second kappa shape index (κ2) is 12.2. The van der Waals surface area contributed by atoms with Crippen LogP contribution in [0.1, 0.15) is 22.5 Å². The van der Waals surface area contributed by atoms with Gasteiger partial charge in [-0.05, 0) is 73.7 Å². The predicted octanol–water partition coefficient (Wildman–Crippen LogP) is 13.4. The Kier molecular flexibility index (Phi) is 6.95. The first kappa shape index (κ1) is 32.4. The van der Waals surface area contributed by atoms with E-state index in [1.165, 1.54) is 0 Å². The van der Waals surface area contributed by atoms with Crippen molar-refractivity contribution in [3.05, 3.63) is 175 Å². The van der Waals surface area contributed by atoms with Gasteiger partial charge < -0.3 is 18.0 Å². The van der Waals surface area contributed by atoms with Crippen LogP contribution in [0, 0.1) is 29.6 Å². The third-order valence-corrected chi connectivity index (χ3v) is 11.4. The van der Waals surface area contributed by atoms with Gasteiger partial charge in [-0.1, -0.05) is 91.5 Å². The predicted molar refractivity (Wildman–Crippen MR) is 231 cm³/mol. The fourth-order valence-corrected chi connectivity index (χ4v) is 8.82. The van der Waals surface area contributed by atoms with Crippen LogP contribution in [-0.2, 0) is 0 Å². The average Bonchev–Trinajstić information content (AvgIpc) is 4.00. The molecule has 0 bridgehead atoms. The summed E-state index contributed by atoms with van der Waals surface area (Å²) < 4.78 is 17.9. The highest BCUT2D eigenvalue weighted by molar-refractivity contribution is 6.22. The van der Waals surface area contributed by atoms with Crippen molar-refractivity contribution < 1.29 is 8.83 Å². The molecular formula is C51H30N4O2. The maximum Gasteiger partial charge on any atom is 0.160 e. The number of aromatic nitrogens is 2. The van der Waals surface area contributed by atoms with Gasteiger partial charge in [-0.2, -0.15) is 10.5 Å². The van der Waals surface area contributed by atoms with Crippen LogP contribution in [0.2, 0.25) is 0 Å². The standard InChI is InChI=1S/C51H30N4O2/c1-3-4-16-46-30(2)33-20-21-37-34-11-5-8-14-42(34)54(48(37)50(33)56-46)44-24-18-31(28-52)26-40(44)41-27-32(29-53)19-25-45(41)55-43-15-9-6-12-35(43)38-22-23-39-36-13-7-10-17-47(36)57-51(39)49(38)55/h3-27H,1H2,2H3/b16-4-. The van der Waals surface area contributed by atoms with Gasteiger partial charge in [0.15, 0.2) is 11.2 Å². The summed E-state index contributed by atoms with van der Waals surface area (Å²) in [7, 11) is 0. The van der Waals surface area contributed by atoms with Crippen LogP contribution in [0.4, 0.5) is 0 Å². The van der Waals surface area contributed by atoms with Gasteiger partial charge in [0.1, 0.15) is 11.3 Å².